The Hall–Kier alpha value is -3.52. The molecule has 0 saturated carbocycles. The van der Waals surface area contributed by atoms with Crippen LogP contribution in [0.2, 0.25) is 0 Å². The predicted molar refractivity (Wildman–Crippen MR) is 110 cm³/mol. The van der Waals surface area contributed by atoms with Crippen molar-refractivity contribution in [2.45, 2.75) is 17.9 Å². The Labute approximate surface area is 177 Å². The maximum Gasteiger partial charge on any atom is 0.283 e. The minimum absolute atomic E-state index is 0.0975. The summed E-state index contributed by atoms with van der Waals surface area (Å²) in [4.78, 5) is 13.3. The van der Waals surface area contributed by atoms with Crippen molar-refractivity contribution in [1.29, 1.82) is 0 Å². The van der Waals surface area contributed by atoms with Crippen LogP contribution in [0.15, 0.2) is 53.9 Å². The van der Waals surface area contributed by atoms with Crippen molar-refractivity contribution in [3.05, 3.63) is 71.4 Å². The quantitative estimate of drug-likeness (QED) is 0.687. The zero-order valence-electron chi connectivity index (χ0n) is 16.8. The summed E-state index contributed by atoms with van der Waals surface area (Å²) < 4.78 is 31.6. The fourth-order valence-corrected chi connectivity index (χ4v) is 4.39. The van der Waals surface area contributed by atoms with Crippen molar-refractivity contribution in [3.8, 4) is 22.8 Å². The van der Waals surface area contributed by atoms with Crippen molar-refractivity contribution in [1.82, 2.24) is 9.97 Å². The van der Waals surface area contributed by atoms with Gasteiger partial charge < -0.3 is 19.9 Å². The third-order valence-corrected chi connectivity index (χ3v) is 6.28. The number of aliphatic imine (C=N–C) groups is 1. The van der Waals surface area contributed by atoms with Gasteiger partial charge in [0.1, 0.15) is 18.2 Å². The van der Waals surface area contributed by atoms with Gasteiger partial charge in [0.2, 0.25) is 5.88 Å². The highest BCUT2D eigenvalue weighted by atomic mass is 19.1. The molecule has 1 aromatic carbocycles. The molecule has 1 saturated heterocycles. The zero-order valence-corrected chi connectivity index (χ0v) is 16.8. The van der Waals surface area contributed by atoms with E-state index in [4.69, 9.17) is 24.9 Å². The number of benzene rings is 1. The molecule has 31 heavy (non-hydrogen) atoms. The molecular weight excluding hydrogens is 399 g/mol. The number of rotatable bonds is 2. The van der Waals surface area contributed by atoms with Gasteiger partial charge in [0.25, 0.3) is 6.02 Å². The van der Waals surface area contributed by atoms with E-state index in [-0.39, 0.29) is 23.9 Å². The highest BCUT2D eigenvalue weighted by molar-refractivity contribution is 5.77. The number of aromatic nitrogens is 2. The molecule has 3 aliphatic rings. The molecule has 0 bridgehead atoms. The molecule has 7 nitrogen and oxygen atoms in total. The van der Waals surface area contributed by atoms with Crippen LogP contribution in [0.5, 0.6) is 11.6 Å². The lowest BCUT2D eigenvalue weighted by molar-refractivity contribution is -0.0502. The molecular formula is C23H19FN4O3. The van der Waals surface area contributed by atoms with Crippen molar-refractivity contribution in [2.75, 3.05) is 19.8 Å². The molecule has 3 aliphatic heterocycles. The molecule has 156 valence electrons. The van der Waals surface area contributed by atoms with Crippen LogP contribution < -0.4 is 10.5 Å². The van der Waals surface area contributed by atoms with Gasteiger partial charge in [-0.05, 0) is 35.4 Å². The van der Waals surface area contributed by atoms with Crippen molar-refractivity contribution < 1.29 is 18.6 Å². The predicted octanol–water partition coefficient (Wildman–Crippen LogP) is 3.26. The van der Waals surface area contributed by atoms with E-state index in [2.05, 4.69) is 23.0 Å². The Balaban J connectivity index is 1.56. The fraction of sp³-hybridized carbons (Fsp3) is 0.261. The SMILES string of the molecule is CC1(c2cnc3c(c2)[C@]2(COC(N)=N2)c2cc(-c4cnccc4F)ccc2O3)COC1. The number of nitrogens with two attached hydrogens (primary N) is 1. The van der Waals surface area contributed by atoms with Crippen LogP contribution in [0.4, 0.5) is 4.39 Å². The van der Waals surface area contributed by atoms with E-state index < -0.39 is 5.54 Å². The average molecular weight is 418 g/mol. The number of hydrogen-bond acceptors (Lipinski definition) is 7. The lowest BCUT2D eigenvalue weighted by atomic mass is 9.77. The van der Waals surface area contributed by atoms with E-state index >= 15 is 0 Å². The third-order valence-electron chi connectivity index (χ3n) is 6.28. The smallest absolute Gasteiger partial charge is 0.283 e. The van der Waals surface area contributed by atoms with Crippen LogP contribution in [-0.2, 0) is 20.4 Å². The molecule has 0 amide bonds. The lowest BCUT2D eigenvalue weighted by Gasteiger charge is -2.40. The van der Waals surface area contributed by atoms with Gasteiger partial charge in [0.05, 0.1) is 18.8 Å². The lowest BCUT2D eigenvalue weighted by Crippen LogP contribution is -2.44. The molecule has 6 rings (SSSR count). The minimum atomic E-state index is -0.925. The normalized spacial score (nSPS) is 22.6. The van der Waals surface area contributed by atoms with E-state index in [9.17, 15) is 4.39 Å². The Morgan fingerprint density at radius 1 is 1.06 bits per heavy atom. The highest BCUT2D eigenvalue weighted by Crippen LogP contribution is 2.52. The summed E-state index contributed by atoms with van der Waals surface area (Å²) in [6, 6.07) is 8.94. The molecule has 0 aliphatic carbocycles. The average Bonchev–Trinajstić information content (AvgIpc) is 3.15. The summed E-state index contributed by atoms with van der Waals surface area (Å²) in [5.41, 5.74) is 8.55. The summed E-state index contributed by atoms with van der Waals surface area (Å²) in [6.45, 7) is 3.60. The van der Waals surface area contributed by atoms with E-state index in [1.54, 1.807) is 12.1 Å². The number of ether oxygens (including phenoxy) is 3. The van der Waals surface area contributed by atoms with Gasteiger partial charge in [-0.15, -0.1) is 0 Å². The number of fused-ring (bicyclic) bond motifs is 4. The van der Waals surface area contributed by atoms with Gasteiger partial charge in [-0.25, -0.2) is 14.4 Å². The molecule has 2 aromatic heterocycles. The van der Waals surface area contributed by atoms with Gasteiger partial charge >= 0.3 is 0 Å². The van der Waals surface area contributed by atoms with Gasteiger partial charge in [0.15, 0.2) is 5.54 Å². The van der Waals surface area contributed by atoms with Gasteiger partial charge in [-0.1, -0.05) is 13.0 Å². The number of hydrogen-bond donors (Lipinski definition) is 1. The standard InChI is InChI=1S/C23H19FN4O3/c1-22(10-29-11-22)14-7-17-20(27-8-14)31-19-3-2-13(15-9-26-5-4-18(15)24)6-16(19)23(17)12-30-21(25)28-23/h2-9H,10-12H2,1H3,(H2,25,28)/t23-/m0/s1. The van der Waals surface area contributed by atoms with Gasteiger partial charge in [-0.3, -0.25) is 4.98 Å². The van der Waals surface area contributed by atoms with Crippen LogP contribution >= 0.6 is 0 Å². The molecule has 8 heteroatoms. The van der Waals surface area contributed by atoms with Crippen molar-refractivity contribution in [2.24, 2.45) is 10.7 Å². The van der Waals surface area contributed by atoms with E-state index in [1.807, 2.05) is 12.3 Å². The number of pyridine rings is 2. The maximum absolute atomic E-state index is 14.4. The first kappa shape index (κ1) is 18.3. The molecule has 2 N–H and O–H groups in total. The Morgan fingerprint density at radius 2 is 1.94 bits per heavy atom. The van der Waals surface area contributed by atoms with Gasteiger partial charge in [-0.2, -0.15) is 0 Å². The topological polar surface area (TPSA) is 91.9 Å². The summed E-state index contributed by atoms with van der Waals surface area (Å²) in [6.07, 6.45) is 4.75. The highest BCUT2D eigenvalue weighted by Gasteiger charge is 2.49. The van der Waals surface area contributed by atoms with Crippen LogP contribution in [0, 0.1) is 5.82 Å². The molecule has 3 aromatic rings. The number of halogens is 1. The van der Waals surface area contributed by atoms with Crippen molar-refractivity contribution >= 4 is 6.02 Å². The maximum atomic E-state index is 14.4. The molecule has 1 spiro atoms. The number of amidine groups is 1. The Morgan fingerprint density at radius 3 is 2.65 bits per heavy atom. The molecule has 1 fully saturated rings. The monoisotopic (exact) mass is 418 g/mol. The Bertz CT molecular complexity index is 1260. The first-order chi connectivity index (χ1) is 15.0. The molecule has 0 unspecified atom stereocenters. The van der Waals surface area contributed by atoms with Crippen LogP contribution in [0.3, 0.4) is 0 Å². The minimum Gasteiger partial charge on any atom is -0.462 e. The summed E-state index contributed by atoms with van der Waals surface area (Å²) >= 11 is 0. The van der Waals surface area contributed by atoms with E-state index in [0.29, 0.717) is 36.0 Å². The first-order valence-corrected chi connectivity index (χ1v) is 9.98. The first-order valence-electron chi connectivity index (χ1n) is 9.98. The summed E-state index contributed by atoms with van der Waals surface area (Å²) in [5.74, 6) is 0.692. The second kappa shape index (κ2) is 6.24. The van der Waals surface area contributed by atoms with Crippen LogP contribution in [0.1, 0.15) is 23.6 Å². The summed E-state index contributed by atoms with van der Waals surface area (Å²) in [7, 11) is 0. The number of nitrogens with zero attached hydrogens (tertiary/aromatic N) is 3. The molecule has 1 atom stereocenters. The molecule has 5 heterocycles. The van der Waals surface area contributed by atoms with E-state index in [1.165, 1.54) is 18.5 Å². The largest absolute Gasteiger partial charge is 0.462 e. The van der Waals surface area contributed by atoms with Crippen LogP contribution in [-0.4, -0.2) is 35.8 Å². The molecule has 0 radical (unpaired) electrons. The zero-order chi connectivity index (χ0) is 21.2. The van der Waals surface area contributed by atoms with E-state index in [0.717, 1.165) is 16.7 Å². The second-order valence-corrected chi connectivity index (χ2v) is 8.40. The second-order valence-electron chi connectivity index (χ2n) is 8.40. The third kappa shape index (κ3) is 2.58. The van der Waals surface area contributed by atoms with Crippen LogP contribution in [0.25, 0.3) is 11.1 Å². The summed E-state index contributed by atoms with van der Waals surface area (Å²) in [5, 5.41) is 0. The fourth-order valence-electron chi connectivity index (χ4n) is 4.39. The van der Waals surface area contributed by atoms with Crippen molar-refractivity contribution in [3.63, 3.8) is 0 Å². The Kier molecular flexibility index (Phi) is 3.68. The van der Waals surface area contributed by atoms with Gasteiger partial charge in [0, 0.05) is 35.1 Å².